The number of unbranched alkanes of at least 4 members (excludes halogenated alkanes) is 2. The molecule has 0 heterocycles. The predicted octanol–water partition coefficient (Wildman–Crippen LogP) is 2.79. The van der Waals surface area contributed by atoms with Gasteiger partial charge in [0.25, 0.3) is 0 Å². The first-order valence-electron chi connectivity index (χ1n) is 6.23. The molecule has 0 unspecified atom stereocenters. The molecular formula is C13H17FO5S. The Morgan fingerprint density at radius 2 is 2.00 bits per heavy atom. The average Bonchev–Trinajstić information content (AvgIpc) is 2.37. The summed E-state index contributed by atoms with van der Waals surface area (Å²) in [7, 11) is -4.34. The number of aromatic hydroxyl groups is 1. The van der Waals surface area contributed by atoms with Crippen molar-refractivity contribution in [2.45, 2.75) is 32.6 Å². The smallest absolute Gasteiger partial charge is 0.339 e. The fourth-order valence-electron chi connectivity index (χ4n) is 1.64. The van der Waals surface area contributed by atoms with E-state index in [2.05, 4.69) is 4.18 Å². The number of carbonyl (C=O) groups excluding carboxylic acids is 1. The number of Topliss-reactive ketones (excluding diaryl/α,β-unsaturated/α-hetero) is 1. The van der Waals surface area contributed by atoms with Crippen LogP contribution in [-0.4, -0.2) is 25.3 Å². The summed E-state index contributed by atoms with van der Waals surface area (Å²) in [6.45, 7) is 2.01. The van der Waals surface area contributed by atoms with Crippen LogP contribution in [0.3, 0.4) is 0 Å². The lowest BCUT2D eigenvalue weighted by molar-refractivity contribution is 0.0978. The second-order valence-electron chi connectivity index (χ2n) is 4.35. The molecular weight excluding hydrogens is 287 g/mol. The fourth-order valence-corrected chi connectivity index (χ4v) is 2.08. The quantitative estimate of drug-likeness (QED) is 0.454. The normalized spacial score (nSPS) is 11.3. The first kappa shape index (κ1) is 16.4. The zero-order valence-corrected chi connectivity index (χ0v) is 12.0. The van der Waals surface area contributed by atoms with E-state index in [0.29, 0.717) is 12.8 Å². The highest BCUT2D eigenvalue weighted by atomic mass is 32.2. The van der Waals surface area contributed by atoms with Crippen LogP contribution < -0.4 is 4.18 Å². The van der Waals surface area contributed by atoms with E-state index in [-0.39, 0.29) is 22.8 Å². The number of benzene rings is 1. The van der Waals surface area contributed by atoms with Crippen molar-refractivity contribution in [3.8, 4) is 11.5 Å². The number of alkyl halides is 1. The van der Waals surface area contributed by atoms with Crippen molar-refractivity contribution in [3.05, 3.63) is 23.8 Å². The Balaban J connectivity index is 2.88. The van der Waals surface area contributed by atoms with E-state index in [1.165, 1.54) is 12.1 Å². The summed E-state index contributed by atoms with van der Waals surface area (Å²) >= 11 is 0. The Labute approximate surface area is 117 Å². The summed E-state index contributed by atoms with van der Waals surface area (Å²) in [4.78, 5) is 11.9. The minimum Gasteiger partial charge on any atom is -0.508 e. The molecule has 0 saturated carbocycles. The Morgan fingerprint density at radius 1 is 1.30 bits per heavy atom. The predicted molar refractivity (Wildman–Crippen MR) is 72.1 cm³/mol. The van der Waals surface area contributed by atoms with E-state index in [1.54, 1.807) is 0 Å². The maximum absolute atomic E-state index is 12.2. The largest absolute Gasteiger partial charge is 0.508 e. The molecule has 112 valence electrons. The Hall–Kier alpha value is -1.63. The number of hydrogen-bond donors (Lipinski definition) is 1. The second-order valence-corrected chi connectivity index (χ2v) is 5.85. The zero-order valence-electron chi connectivity index (χ0n) is 11.1. The molecule has 20 heavy (non-hydrogen) atoms. The molecule has 0 radical (unpaired) electrons. The molecule has 0 fully saturated rings. The van der Waals surface area contributed by atoms with Gasteiger partial charge in [0.2, 0.25) is 6.01 Å². The molecule has 1 rings (SSSR count). The lowest BCUT2D eigenvalue weighted by Gasteiger charge is -2.07. The number of halogens is 1. The topological polar surface area (TPSA) is 80.7 Å². The number of phenols is 1. The van der Waals surface area contributed by atoms with E-state index in [1.807, 2.05) is 6.92 Å². The Bertz CT molecular complexity index is 568. The molecule has 0 bridgehead atoms. The highest BCUT2D eigenvalue weighted by Gasteiger charge is 2.15. The molecule has 0 aliphatic rings. The molecule has 0 amide bonds. The standard InChI is InChI=1S/C13H17FO5S/c1-2-3-4-5-13(16)10-6-11(15)8-12(7-10)19-20(17,18)9-14/h6-8,15H,2-5,9H2,1H3. The van der Waals surface area contributed by atoms with Crippen molar-refractivity contribution in [1.82, 2.24) is 0 Å². The second kappa shape index (κ2) is 7.23. The van der Waals surface area contributed by atoms with E-state index in [9.17, 15) is 22.7 Å². The van der Waals surface area contributed by atoms with Gasteiger partial charge in [-0.05, 0) is 18.6 Å². The molecule has 1 aromatic carbocycles. The van der Waals surface area contributed by atoms with Crippen molar-refractivity contribution in [1.29, 1.82) is 0 Å². The van der Waals surface area contributed by atoms with Gasteiger partial charge in [0.15, 0.2) is 5.78 Å². The molecule has 5 nitrogen and oxygen atoms in total. The minimum atomic E-state index is -4.34. The number of hydrogen-bond acceptors (Lipinski definition) is 5. The fraction of sp³-hybridized carbons (Fsp3) is 0.462. The summed E-state index contributed by atoms with van der Waals surface area (Å²) in [6, 6.07) is 1.74. The van der Waals surface area contributed by atoms with E-state index in [4.69, 9.17) is 0 Å². The molecule has 0 aliphatic heterocycles. The third-order valence-electron chi connectivity index (χ3n) is 2.58. The summed E-state index contributed by atoms with van der Waals surface area (Å²) in [5, 5.41) is 9.46. The maximum Gasteiger partial charge on any atom is 0.339 e. The van der Waals surface area contributed by atoms with Crippen LogP contribution in [0.25, 0.3) is 0 Å². The molecule has 0 saturated heterocycles. The number of ketones is 1. The van der Waals surface area contributed by atoms with Crippen LogP contribution in [0.2, 0.25) is 0 Å². The first-order chi connectivity index (χ1) is 9.38. The van der Waals surface area contributed by atoms with Crippen LogP contribution in [0.5, 0.6) is 11.5 Å². The molecule has 1 aromatic rings. The van der Waals surface area contributed by atoms with Crippen molar-refractivity contribution < 1.29 is 26.9 Å². The van der Waals surface area contributed by atoms with Gasteiger partial charge >= 0.3 is 10.1 Å². The van der Waals surface area contributed by atoms with Gasteiger partial charge in [-0.3, -0.25) is 4.79 Å². The van der Waals surface area contributed by atoms with Crippen LogP contribution in [0.1, 0.15) is 43.0 Å². The molecule has 0 spiro atoms. The van der Waals surface area contributed by atoms with Crippen LogP contribution >= 0.6 is 0 Å². The van der Waals surface area contributed by atoms with Gasteiger partial charge in [-0.15, -0.1) is 0 Å². The summed E-state index contributed by atoms with van der Waals surface area (Å²) in [5.74, 6) is -0.811. The van der Waals surface area contributed by atoms with Gasteiger partial charge in [-0.25, -0.2) is 4.39 Å². The average molecular weight is 304 g/mol. The van der Waals surface area contributed by atoms with Crippen LogP contribution in [0.4, 0.5) is 4.39 Å². The number of phenolic OH excluding ortho intramolecular Hbond substituents is 1. The van der Waals surface area contributed by atoms with Crippen LogP contribution in [0, 0.1) is 0 Å². The lowest BCUT2D eigenvalue weighted by atomic mass is 10.0. The monoisotopic (exact) mass is 304 g/mol. The Kier molecular flexibility index (Phi) is 5.94. The summed E-state index contributed by atoms with van der Waals surface area (Å²) < 4.78 is 38.6. The highest BCUT2D eigenvalue weighted by Crippen LogP contribution is 2.24. The van der Waals surface area contributed by atoms with Crippen LogP contribution in [-0.2, 0) is 10.1 Å². The van der Waals surface area contributed by atoms with E-state index < -0.39 is 16.1 Å². The highest BCUT2D eigenvalue weighted by molar-refractivity contribution is 7.86. The minimum absolute atomic E-state index is 0.144. The maximum atomic E-state index is 12.2. The van der Waals surface area contributed by atoms with Gasteiger partial charge in [0.1, 0.15) is 11.5 Å². The van der Waals surface area contributed by atoms with Gasteiger partial charge < -0.3 is 9.29 Å². The van der Waals surface area contributed by atoms with E-state index in [0.717, 1.165) is 18.9 Å². The number of carbonyl (C=O) groups is 1. The van der Waals surface area contributed by atoms with Crippen molar-refractivity contribution >= 4 is 15.9 Å². The van der Waals surface area contributed by atoms with Gasteiger partial charge in [0.05, 0.1) is 0 Å². The zero-order chi connectivity index (χ0) is 15.2. The number of rotatable bonds is 8. The third-order valence-corrected chi connectivity index (χ3v) is 3.29. The van der Waals surface area contributed by atoms with Crippen molar-refractivity contribution in [2.75, 3.05) is 6.01 Å². The molecule has 0 aliphatic carbocycles. The molecule has 0 atom stereocenters. The molecule has 7 heteroatoms. The Morgan fingerprint density at radius 3 is 2.60 bits per heavy atom. The van der Waals surface area contributed by atoms with Crippen molar-refractivity contribution in [2.24, 2.45) is 0 Å². The van der Waals surface area contributed by atoms with Crippen molar-refractivity contribution in [3.63, 3.8) is 0 Å². The molecule has 0 aromatic heterocycles. The molecule has 1 N–H and O–H groups in total. The SMILES string of the molecule is CCCCCC(=O)c1cc(O)cc(OS(=O)(=O)CF)c1. The third kappa shape index (κ3) is 5.16. The summed E-state index contributed by atoms with van der Waals surface area (Å²) in [6.07, 6.45) is 2.89. The van der Waals surface area contributed by atoms with Crippen LogP contribution in [0.15, 0.2) is 18.2 Å². The lowest BCUT2D eigenvalue weighted by Crippen LogP contribution is -2.11. The van der Waals surface area contributed by atoms with Gasteiger partial charge in [-0.2, -0.15) is 8.42 Å². The van der Waals surface area contributed by atoms with E-state index >= 15 is 0 Å². The first-order valence-corrected chi connectivity index (χ1v) is 7.81. The summed E-state index contributed by atoms with van der Waals surface area (Å²) in [5.41, 5.74) is 0.144. The van der Waals surface area contributed by atoms with Gasteiger partial charge in [-0.1, -0.05) is 19.8 Å². The van der Waals surface area contributed by atoms with Gasteiger partial charge in [0, 0.05) is 18.1 Å².